The van der Waals surface area contributed by atoms with Crippen LogP contribution in [-0.2, 0) is 11.3 Å². The first-order valence-corrected chi connectivity index (χ1v) is 9.14. The number of carbonyl (C=O) groups is 1. The number of nitrogens with zero attached hydrogens (tertiary/aromatic N) is 1. The summed E-state index contributed by atoms with van der Waals surface area (Å²) in [7, 11) is 1.63. The Labute approximate surface area is 160 Å². The Hall–Kier alpha value is -2.57. The fraction of sp³-hybridized carbons (Fsp3) is 0.158. The molecule has 0 aliphatic rings. The van der Waals surface area contributed by atoms with Crippen LogP contribution in [0.3, 0.4) is 0 Å². The third kappa shape index (κ3) is 4.97. The van der Waals surface area contributed by atoms with E-state index in [2.05, 4.69) is 10.3 Å². The maximum atomic E-state index is 11.9. The number of hydrogen-bond donors (Lipinski definition) is 1. The summed E-state index contributed by atoms with van der Waals surface area (Å²) in [5.41, 5.74) is 1.82. The van der Waals surface area contributed by atoms with Gasteiger partial charge in [0, 0.05) is 16.0 Å². The van der Waals surface area contributed by atoms with Crippen LogP contribution in [-0.4, -0.2) is 24.6 Å². The van der Waals surface area contributed by atoms with Gasteiger partial charge in [-0.15, -0.1) is 11.3 Å². The van der Waals surface area contributed by atoms with Crippen LogP contribution in [0.5, 0.6) is 11.5 Å². The van der Waals surface area contributed by atoms with E-state index in [1.807, 2.05) is 29.6 Å². The molecule has 7 heteroatoms. The number of hydrogen-bond acceptors (Lipinski definition) is 5. The van der Waals surface area contributed by atoms with Gasteiger partial charge in [0.2, 0.25) is 0 Å². The maximum absolute atomic E-state index is 11.9. The highest BCUT2D eigenvalue weighted by atomic mass is 35.5. The van der Waals surface area contributed by atoms with E-state index >= 15 is 0 Å². The van der Waals surface area contributed by atoms with Crippen LogP contribution < -0.4 is 14.8 Å². The molecule has 1 aromatic heterocycles. The number of halogens is 1. The minimum Gasteiger partial charge on any atom is -0.497 e. The molecule has 0 radical (unpaired) electrons. The van der Waals surface area contributed by atoms with Crippen molar-refractivity contribution in [3.63, 3.8) is 0 Å². The van der Waals surface area contributed by atoms with Gasteiger partial charge in [-0.3, -0.25) is 4.79 Å². The van der Waals surface area contributed by atoms with Gasteiger partial charge in [-0.25, -0.2) is 4.98 Å². The average molecular weight is 389 g/mol. The van der Waals surface area contributed by atoms with Crippen molar-refractivity contribution < 1.29 is 14.3 Å². The van der Waals surface area contributed by atoms with Gasteiger partial charge >= 0.3 is 0 Å². The molecule has 3 aromatic rings. The SMILES string of the molecule is COc1ccc(-c2nc(CNC(=O)COc3ccc(Cl)cc3)cs2)cc1. The second-order valence-electron chi connectivity index (χ2n) is 5.39. The van der Waals surface area contributed by atoms with Crippen LogP contribution in [0.4, 0.5) is 0 Å². The van der Waals surface area contributed by atoms with E-state index in [4.69, 9.17) is 21.1 Å². The fourth-order valence-corrected chi connectivity index (χ4v) is 3.13. The summed E-state index contributed by atoms with van der Waals surface area (Å²) in [5, 5.41) is 6.25. The maximum Gasteiger partial charge on any atom is 0.258 e. The molecule has 0 spiro atoms. The normalized spacial score (nSPS) is 10.4. The van der Waals surface area contributed by atoms with Gasteiger partial charge in [0.1, 0.15) is 16.5 Å². The van der Waals surface area contributed by atoms with E-state index in [0.717, 1.165) is 22.0 Å². The van der Waals surface area contributed by atoms with Crippen molar-refractivity contribution in [1.82, 2.24) is 10.3 Å². The molecular weight excluding hydrogens is 372 g/mol. The minimum atomic E-state index is -0.209. The highest BCUT2D eigenvalue weighted by molar-refractivity contribution is 7.13. The molecule has 1 amide bonds. The fourth-order valence-electron chi connectivity index (χ4n) is 2.17. The lowest BCUT2D eigenvalue weighted by Crippen LogP contribution is -2.28. The van der Waals surface area contributed by atoms with Gasteiger partial charge in [0.05, 0.1) is 19.3 Å². The largest absolute Gasteiger partial charge is 0.497 e. The minimum absolute atomic E-state index is 0.0584. The van der Waals surface area contributed by atoms with Crippen molar-refractivity contribution >= 4 is 28.8 Å². The van der Waals surface area contributed by atoms with Gasteiger partial charge in [0.25, 0.3) is 5.91 Å². The van der Waals surface area contributed by atoms with Crippen LogP contribution in [0, 0.1) is 0 Å². The standard InChI is InChI=1S/C19H17ClN2O3S/c1-24-16-6-2-13(3-7-16)19-22-15(12-26-19)10-21-18(23)11-25-17-8-4-14(20)5-9-17/h2-9,12H,10-11H2,1H3,(H,21,23). The van der Waals surface area contributed by atoms with Gasteiger partial charge in [-0.2, -0.15) is 0 Å². The third-order valence-corrected chi connectivity index (χ3v) is 4.73. The number of methoxy groups -OCH3 is 1. The number of benzene rings is 2. The zero-order valence-electron chi connectivity index (χ0n) is 14.1. The van der Waals surface area contributed by atoms with E-state index in [9.17, 15) is 4.79 Å². The van der Waals surface area contributed by atoms with Crippen LogP contribution in [0.25, 0.3) is 10.6 Å². The number of amides is 1. The van der Waals surface area contributed by atoms with E-state index in [-0.39, 0.29) is 12.5 Å². The van der Waals surface area contributed by atoms with Crippen LogP contribution in [0.2, 0.25) is 5.02 Å². The van der Waals surface area contributed by atoms with Gasteiger partial charge < -0.3 is 14.8 Å². The molecule has 0 saturated carbocycles. The summed E-state index contributed by atoms with van der Waals surface area (Å²) in [6.45, 7) is 0.298. The smallest absolute Gasteiger partial charge is 0.258 e. The monoisotopic (exact) mass is 388 g/mol. The predicted molar refractivity (Wildman–Crippen MR) is 103 cm³/mol. The Kier molecular flexibility index (Phi) is 6.09. The number of thiazole rings is 1. The summed E-state index contributed by atoms with van der Waals surface area (Å²) < 4.78 is 10.6. The molecule has 134 valence electrons. The molecule has 0 unspecified atom stereocenters. The number of rotatable bonds is 7. The number of ether oxygens (including phenoxy) is 2. The first-order chi connectivity index (χ1) is 12.6. The molecule has 0 aliphatic heterocycles. The third-order valence-electron chi connectivity index (χ3n) is 3.54. The summed E-state index contributed by atoms with van der Waals surface area (Å²) in [6.07, 6.45) is 0. The zero-order chi connectivity index (χ0) is 18.4. The summed E-state index contributed by atoms with van der Waals surface area (Å²) in [6, 6.07) is 14.6. The van der Waals surface area contributed by atoms with Crippen LogP contribution in [0.1, 0.15) is 5.69 Å². The lowest BCUT2D eigenvalue weighted by Gasteiger charge is -2.06. The molecule has 0 bridgehead atoms. The molecule has 1 heterocycles. The van der Waals surface area contributed by atoms with Gasteiger partial charge in [0.15, 0.2) is 6.61 Å². The van der Waals surface area contributed by atoms with E-state index < -0.39 is 0 Å². The summed E-state index contributed by atoms with van der Waals surface area (Å²) in [4.78, 5) is 16.4. The molecule has 1 N–H and O–H groups in total. The quantitative estimate of drug-likeness (QED) is 0.660. The zero-order valence-corrected chi connectivity index (χ0v) is 15.6. The van der Waals surface area contributed by atoms with Gasteiger partial charge in [-0.05, 0) is 48.5 Å². The van der Waals surface area contributed by atoms with Crippen molar-refractivity contribution in [2.45, 2.75) is 6.54 Å². The second-order valence-corrected chi connectivity index (χ2v) is 6.69. The Morgan fingerprint density at radius 2 is 1.81 bits per heavy atom. The first kappa shape index (κ1) is 18.2. The Balaban J connectivity index is 1.49. The number of carbonyl (C=O) groups excluding carboxylic acids is 1. The highest BCUT2D eigenvalue weighted by Gasteiger charge is 2.07. The van der Waals surface area contributed by atoms with Crippen LogP contribution >= 0.6 is 22.9 Å². The summed E-state index contributed by atoms with van der Waals surface area (Å²) >= 11 is 7.34. The van der Waals surface area contributed by atoms with Crippen molar-refractivity contribution in [2.75, 3.05) is 13.7 Å². The highest BCUT2D eigenvalue weighted by Crippen LogP contribution is 2.25. The molecule has 0 saturated heterocycles. The van der Waals surface area contributed by atoms with Crippen molar-refractivity contribution in [3.05, 3.63) is 64.6 Å². The Morgan fingerprint density at radius 1 is 1.12 bits per heavy atom. The molecule has 0 atom stereocenters. The predicted octanol–water partition coefficient (Wildman–Crippen LogP) is 4.17. The molecule has 0 fully saturated rings. The summed E-state index contributed by atoms with van der Waals surface area (Å²) in [5.74, 6) is 1.19. The molecule has 5 nitrogen and oxygen atoms in total. The molecule has 3 rings (SSSR count). The van der Waals surface area contributed by atoms with Crippen molar-refractivity contribution in [2.24, 2.45) is 0 Å². The first-order valence-electron chi connectivity index (χ1n) is 7.88. The Morgan fingerprint density at radius 3 is 2.50 bits per heavy atom. The van der Waals surface area contributed by atoms with Gasteiger partial charge in [-0.1, -0.05) is 11.6 Å². The second kappa shape index (κ2) is 8.69. The molecule has 2 aromatic carbocycles. The molecule has 0 aliphatic carbocycles. The topological polar surface area (TPSA) is 60.5 Å². The molecular formula is C19H17ClN2O3S. The number of aromatic nitrogens is 1. The van der Waals surface area contributed by atoms with Crippen molar-refractivity contribution in [1.29, 1.82) is 0 Å². The van der Waals surface area contributed by atoms with E-state index in [1.54, 1.807) is 31.4 Å². The van der Waals surface area contributed by atoms with E-state index in [1.165, 1.54) is 11.3 Å². The average Bonchev–Trinajstić information content (AvgIpc) is 3.15. The Bertz CT molecular complexity index is 863. The van der Waals surface area contributed by atoms with Crippen molar-refractivity contribution in [3.8, 4) is 22.1 Å². The van der Waals surface area contributed by atoms with Crippen LogP contribution in [0.15, 0.2) is 53.9 Å². The molecule has 26 heavy (non-hydrogen) atoms. The lowest BCUT2D eigenvalue weighted by atomic mass is 10.2. The lowest BCUT2D eigenvalue weighted by molar-refractivity contribution is -0.123. The van der Waals surface area contributed by atoms with E-state index in [0.29, 0.717) is 17.3 Å². The number of nitrogens with one attached hydrogen (secondary N) is 1.